The average Bonchev–Trinajstić information content (AvgIpc) is 3.05. The Morgan fingerprint density at radius 3 is 1.32 bits per heavy atom. The van der Waals surface area contributed by atoms with Crippen molar-refractivity contribution in [2.75, 3.05) is 0 Å². The molecule has 0 saturated heterocycles. The Balaban J connectivity index is 1.40. The summed E-state index contributed by atoms with van der Waals surface area (Å²) < 4.78 is 0. The third-order valence-corrected chi connectivity index (χ3v) is 6.12. The van der Waals surface area contributed by atoms with E-state index in [4.69, 9.17) is 29.9 Å². The smallest absolute Gasteiger partial charge is 0.184 e. The van der Waals surface area contributed by atoms with Gasteiger partial charge in [-0.3, -0.25) is 15.0 Å². The van der Waals surface area contributed by atoms with Crippen molar-refractivity contribution in [3.05, 3.63) is 116 Å². The highest BCUT2D eigenvalue weighted by Gasteiger charge is 2.17. The summed E-state index contributed by atoms with van der Waals surface area (Å²) >= 11 is 0. The molecule has 0 aliphatic rings. The Kier molecular flexibility index (Phi) is 5.91. The lowest BCUT2D eigenvalue weighted by Crippen LogP contribution is -2.04. The van der Waals surface area contributed by atoms with Crippen LogP contribution in [0.4, 0.5) is 0 Å². The van der Waals surface area contributed by atoms with Crippen molar-refractivity contribution in [3.8, 4) is 57.3 Å². The zero-order chi connectivity index (χ0) is 26.7. The van der Waals surface area contributed by atoms with Crippen LogP contribution >= 0.6 is 0 Å². The summed E-state index contributed by atoms with van der Waals surface area (Å²) in [6.45, 7) is 0. The minimum Gasteiger partial charge on any atom is -0.255 e. The van der Waals surface area contributed by atoms with Gasteiger partial charge < -0.3 is 0 Å². The maximum Gasteiger partial charge on any atom is 0.184 e. The highest BCUT2D eigenvalue weighted by molar-refractivity contribution is 5.76. The van der Waals surface area contributed by atoms with Crippen LogP contribution in [0.2, 0.25) is 0 Å². The van der Waals surface area contributed by atoms with Crippen LogP contribution in [-0.4, -0.2) is 44.9 Å². The van der Waals surface area contributed by atoms with Crippen molar-refractivity contribution in [1.82, 2.24) is 44.9 Å². The summed E-state index contributed by atoms with van der Waals surface area (Å²) in [7, 11) is 0. The monoisotopic (exact) mass is 517 g/mol. The van der Waals surface area contributed by atoms with E-state index in [-0.39, 0.29) is 0 Å². The molecule has 0 radical (unpaired) electrons. The first-order valence-electron chi connectivity index (χ1n) is 12.6. The van der Waals surface area contributed by atoms with E-state index in [1.165, 1.54) is 0 Å². The molecule has 1 aromatic carbocycles. The second kappa shape index (κ2) is 10.1. The summed E-state index contributed by atoms with van der Waals surface area (Å²) in [5.41, 5.74) is 6.12. The van der Waals surface area contributed by atoms with Gasteiger partial charge in [0.15, 0.2) is 17.5 Å². The van der Waals surface area contributed by atoms with Crippen molar-refractivity contribution in [2.45, 2.75) is 0 Å². The van der Waals surface area contributed by atoms with Crippen molar-refractivity contribution in [2.24, 2.45) is 0 Å². The lowest BCUT2D eigenvalue weighted by molar-refractivity contribution is 1.03. The van der Waals surface area contributed by atoms with E-state index in [0.29, 0.717) is 45.9 Å². The molecule has 0 bridgehead atoms. The zero-order valence-corrected chi connectivity index (χ0v) is 21.0. The second-order valence-corrected chi connectivity index (χ2v) is 8.80. The normalized spacial score (nSPS) is 11.0. The average molecular weight is 518 g/mol. The largest absolute Gasteiger partial charge is 0.255 e. The molecule has 6 aromatic heterocycles. The summed E-state index contributed by atoms with van der Waals surface area (Å²) in [4.78, 5) is 42.2. The van der Waals surface area contributed by atoms with E-state index in [1.54, 1.807) is 18.6 Å². The van der Waals surface area contributed by atoms with Gasteiger partial charge in [-0.15, -0.1) is 0 Å². The molecule has 9 nitrogen and oxygen atoms in total. The standard InChI is InChI=1S/C31H19N9/c1-2-12-23-22(9-1)34-19-28(37-23)31-39-29(26-15-7-13-24(35-26)20-10-3-5-17-32-20)38-30(40-31)27-16-8-14-25(36-27)21-11-4-6-18-33-21/h1-19H. The molecular weight excluding hydrogens is 498 g/mol. The van der Waals surface area contributed by atoms with Crippen LogP contribution in [0.5, 0.6) is 0 Å². The van der Waals surface area contributed by atoms with Gasteiger partial charge in [-0.05, 0) is 60.7 Å². The third kappa shape index (κ3) is 4.63. The van der Waals surface area contributed by atoms with Crippen LogP contribution in [0.1, 0.15) is 0 Å². The number of rotatable bonds is 5. The molecule has 0 atom stereocenters. The molecule has 0 fully saturated rings. The third-order valence-electron chi connectivity index (χ3n) is 6.12. The van der Waals surface area contributed by atoms with Crippen molar-refractivity contribution < 1.29 is 0 Å². The number of hydrogen-bond acceptors (Lipinski definition) is 9. The minimum atomic E-state index is 0.369. The predicted octanol–water partition coefficient (Wildman–Crippen LogP) is 5.73. The summed E-state index contributed by atoms with van der Waals surface area (Å²) in [5.74, 6) is 1.14. The van der Waals surface area contributed by atoms with E-state index in [9.17, 15) is 0 Å². The van der Waals surface area contributed by atoms with Crippen LogP contribution in [0.15, 0.2) is 116 Å². The molecule has 7 rings (SSSR count). The fourth-order valence-corrected chi connectivity index (χ4v) is 4.22. The molecular formula is C31H19N9. The fourth-order valence-electron chi connectivity index (χ4n) is 4.22. The highest BCUT2D eigenvalue weighted by Crippen LogP contribution is 2.26. The second-order valence-electron chi connectivity index (χ2n) is 8.80. The number of fused-ring (bicyclic) bond motifs is 1. The number of para-hydroxylation sites is 2. The van der Waals surface area contributed by atoms with Gasteiger partial charge in [0.2, 0.25) is 0 Å². The lowest BCUT2D eigenvalue weighted by Gasteiger charge is -2.09. The Labute approximate surface area is 228 Å². The first-order valence-corrected chi connectivity index (χ1v) is 12.6. The number of hydrogen-bond donors (Lipinski definition) is 0. The van der Waals surface area contributed by atoms with Gasteiger partial charge in [-0.25, -0.2) is 29.9 Å². The number of nitrogens with zero attached hydrogens (tertiary/aromatic N) is 9. The predicted molar refractivity (Wildman–Crippen MR) is 151 cm³/mol. The van der Waals surface area contributed by atoms with Gasteiger partial charge in [-0.2, -0.15) is 0 Å². The van der Waals surface area contributed by atoms with Gasteiger partial charge in [0.25, 0.3) is 0 Å². The van der Waals surface area contributed by atoms with Gasteiger partial charge in [0.05, 0.1) is 40.0 Å². The Morgan fingerprint density at radius 1 is 0.300 bits per heavy atom. The lowest BCUT2D eigenvalue weighted by atomic mass is 10.2. The van der Waals surface area contributed by atoms with Crippen molar-refractivity contribution in [3.63, 3.8) is 0 Å². The molecule has 0 aliphatic carbocycles. The topological polar surface area (TPSA) is 116 Å². The molecule has 0 amide bonds. The van der Waals surface area contributed by atoms with Crippen LogP contribution in [-0.2, 0) is 0 Å². The SMILES string of the molecule is c1ccc(-c2cccc(-c3nc(-c4cccc(-c5ccccn5)n4)nc(-c4cnc5ccccc5n4)n3)n2)nc1. The van der Waals surface area contributed by atoms with E-state index < -0.39 is 0 Å². The number of aromatic nitrogens is 9. The highest BCUT2D eigenvalue weighted by atomic mass is 15.1. The summed E-state index contributed by atoms with van der Waals surface area (Å²) in [5, 5.41) is 0. The van der Waals surface area contributed by atoms with Crippen LogP contribution in [0, 0.1) is 0 Å². The van der Waals surface area contributed by atoms with Gasteiger partial charge >= 0.3 is 0 Å². The van der Waals surface area contributed by atoms with Gasteiger partial charge in [-0.1, -0.05) is 36.4 Å². The van der Waals surface area contributed by atoms with Gasteiger partial charge in [0.1, 0.15) is 17.1 Å². The van der Waals surface area contributed by atoms with E-state index >= 15 is 0 Å². The maximum atomic E-state index is 4.82. The fraction of sp³-hybridized carbons (Fsp3) is 0. The number of pyridine rings is 4. The summed E-state index contributed by atoms with van der Waals surface area (Å²) in [6, 6.07) is 30.4. The summed E-state index contributed by atoms with van der Waals surface area (Å²) in [6.07, 6.45) is 5.14. The molecule has 40 heavy (non-hydrogen) atoms. The van der Waals surface area contributed by atoms with Crippen molar-refractivity contribution in [1.29, 1.82) is 0 Å². The van der Waals surface area contributed by atoms with Crippen LogP contribution < -0.4 is 0 Å². The quantitative estimate of drug-likeness (QED) is 0.282. The zero-order valence-electron chi connectivity index (χ0n) is 21.0. The van der Waals surface area contributed by atoms with E-state index in [1.807, 2.05) is 97.1 Å². The van der Waals surface area contributed by atoms with E-state index in [0.717, 1.165) is 22.4 Å². The molecule has 0 aliphatic heterocycles. The molecule has 0 saturated carbocycles. The first-order chi connectivity index (χ1) is 19.8. The Bertz CT molecular complexity index is 1860. The van der Waals surface area contributed by atoms with Crippen molar-refractivity contribution >= 4 is 11.0 Å². The molecule has 6 heterocycles. The molecule has 0 unspecified atom stereocenters. The number of benzene rings is 1. The minimum absolute atomic E-state index is 0.369. The van der Waals surface area contributed by atoms with Crippen LogP contribution in [0.25, 0.3) is 68.4 Å². The maximum absolute atomic E-state index is 4.82. The Hall–Kier alpha value is -5.83. The van der Waals surface area contributed by atoms with Crippen LogP contribution in [0.3, 0.4) is 0 Å². The van der Waals surface area contributed by atoms with E-state index in [2.05, 4.69) is 15.0 Å². The first kappa shape index (κ1) is 23.3. The Morgan fingerprint density at radius 2 is 0.775 bits per heavy atom. The molecule has 188 valence electrons. The molecule has 9 heteroatoms. The molecule has 0 N–H and O–H groups in total. The molecule has 7 aromatic rings. The molecule has 0 spiro atoms. The van der Waals surface area contributed by atoms with Gasteiger partial charge in [0, 0.05) is 12.4 Å².